The molecule has 7 nitrogen and oxygen atoms in total. The zero-order chi connectivity index (χ0) is 18.5. The Bertz CT molecular complexity index is 691. The van der Waals surface area contributed by atoms with Crippen molar-refractivity contribution >= 4 is 17.7 Å². The fourth-order valence-electron chi connectivity index (χ4n) is 3.48. The number of hydrogen-bond acceptors (Lipinski definition) is 4. The topological polar surface area (TPSA) is 79.0 Å². The fourth-order valence-corrected chi connectivity index (χ4v) is 3.48. The van der Waals surface area contributed by atoms with E-state index in [9.17, 15) is 14.4 Å². The molecule has 1 aromatic carbocycles. The molecule has 0 aliphatic carbocycles. The standard InChI is InChI=1S/C19H25N3O4/c1-26-15-5-2-4-14(12-15)13-18(24)21-8-3-9-22(11-10-21)19(25)16-6-7-17(23)20-16/h2,4-5,12,16H,3,6-11,13H2,1H3,(H,20,23). The summed E-state index contributed by atoms with van der Waals surface area (Å²) in [5.41, 5.74) is 0.917. The Hall–Kier alpha value is -2.57. The summed E-state index contributed by atoms with van der Waals surface area (Å²) in [6, 6.07) is 7.11. The monoisotopic (exact) mass is 359 g/mol. The van der Waals surface area contributed by atoms with Gasteiger partial charge in [-0.05, 0) is 30.5 Å². The predicted octanol–water partition coefficient (Wildman–Crippen LogP) is 0.577. The second kappa shape index (κ2) is 8.21. The van der Waals surface area contributed by atoms with Gasteiger partial charge >= 0.3 is 0 Å². The van der Waals surface area contributed by atoms with Crippen LogP contribution in [0.15, 0.2) is 24.3 Å². The molecular weight excluding hydrogens is 334 g/mol. The number of methoxy groups -OCH3 is 1. The van der Waals surface area contributed by atoms with Crippen LogP contribution in [-0.4, -0.2) is 66.9 Å². The zero-order valence-corrected chi connectivity index (χ0v) is 15.1. The van der Waals surface area contributed by atoms with E-state index in [1.807, 2.05) is 29.2 Å². The Balaban J connectivity index is 1.55. The van der Waals surface area contributed by atoms with Crippen LogP contribution in [-0.2, 0) is 20.8 Å². The molecule has 26 heavy (non-hydrogen) atoms. The van der Waals surface area contributed by atoms with E-state index in [1.165, 1.54) is 0 Å². The van der Waals surface area contributed by atoms with Gasteiger partial charge in [0.15, 0.2) is 0 Å². The molecule has 3 amide bonds. The van der Waals surface area contributed by atoms with Crippen molar-refractivity contribution in [2.75, 3.05) is 33.3 Å². The predicted molar refractivity (Wildman–Crippen MR) is 95.6 cm³/mol. The number of nitrogens with zero attached hydrogens (tertiary/aromatic N) is 2. The second-order valence-electron chi connectivity index (χ2n) is 6.75. The van der Waals surface area contributed by atoms with Crippen LogP contribution in [0.1, 0.15) is 24.8 Å². The van der Waals surface area contributed by atoms with Gasteiger partial charge in [-0.15, -0.1) is 0 Å². The molecule has 1 unspecified atom stereocenters. The maximum Gasteiger partial charge on any atom is 0.245 e. The highest BCUT2D eigenvalue weighted by atomic mass is 16.5. The van der Waals surface area contributed by atoms with Crippen molar-refractivity contribution in [3.8, 4) is 5.75 Å². The zero-order valence-electron chi connectivity index (χ0n) is 15.1. The smallest absolute Gasteiger partial charge is 0.245 e. The highest BCUT2D eigenvalue weighted by molar-refractivity contribution is 5.90. The molecule has 2 saturated heterocycles. The van der Waals surface area contributed by atoms with E-state index in [4.69, 9.17) is 4.74 Å². The van der Waals surface area contributed by atoms with Crippen molar-refractivity contribution in [1.29, 1.82) is 0 Å². The minimum atomic E-state index is -0.401. The minimum Gasteiger partial charge on any atom is -0.497 e. The third kappa shape index (κ3) is 4.33. The lowest BCUT2D eigenvalue weighted by atomic mass is 10.1. The molecule has 3 rings (SSSR count). The third-order valence-electron chi connectivity index (χ3n) is 4.94. The van der Waals surface area contributed by atoms with E-state index >= 15 is 0 Å². The molecule has 0 radical (unpaired) electrons. The lowest BCUT2D eigenvalue weighted by Gasteiger charge is -2.24. The molecule has 0 saturated carbocycles. The number of ether oxygens (including phenoxy) is 1. The second-order valence-corrected chi connectivity index (χ2v) is 6.75. The molecule has 0 spiro atoms. The van der Waals surface area contributed by atoms with Crippen LogP contribution >= 0.6 is 0 Å². The number of hydrogen-bond donors (Lipinski definition) is 1. The first kappa shape index (κ1) is 18.2. The van der Waals surface area contributed by atoms with Crippen LogP contribution in [0, 0.1) is 0 Å². The molecule has 7 heteroatoms. The van der Waals surface area contributed by atoms with Crippen molar-refractivity contribution in [3.05, 3.63) is 29.8 Å². The van der Waals surface area contributed by atoms with Gasteiger partial charge in [0.1, 0.15) is 11.8 Å². The van der Waals surface area contributed by atoms with Crippen LogP contribution in [0.2, 0.25) is 0 Å². The van der Waals surface area contributed by atoms with E-state index < -0.39 is 6.04 Å². The average Bonchev–Trinajstić information content (AvgIpc) is 2.93. The van der Waals surface area contributed by atoms with Gasteiger partial charge in [0, 0.05) is 32.6 Å². The van der Waals surface area contributed by atoms with Crippen LogP contribution < -0.4 is 10.1 Å². The molecule has 140 valence electrons. The third-order valence-corrected chi connectivity index (χ3v) is 4.94. The van der Waals surface area contributed by atoms with Crippen molar-refractivity contribution in [1.82, 2.24) is 15.1 Å². The summed E-state index contributed by atoms with van der Waals surface area (Å²) >= 11 is 0. The lowest BCUT2D eigenvalue weighted by molar-refractivity contribution is -0.135. The van der Waals surface area contributed by atoms with Gasteiger partial charge in [-0.2, -0.15) is 0 Å². The quantitative estimate of drug-likeness (QED) is 0.853. The fraction of sp³-hybridized carbons (Fsp3) is 0.526. The van der Waals surface area contributed by atoms with Gasteiger partial charge in [-0.3, -0.25) is 14.4 Å². The van der Waals surface area contributed by atoms with Gasteiger partial charge < -0.3 is 19.9 Å². The van der Waals surface area contributed by atoms with Crippen LogP contribution in [0.4, 0.5) is 0 Å². The average molecular weight is 359 g/mol. The maximum atomic E-state index is 12.6. The summed E-state index contributed by atoms with van der Waals surface area (Å²) in [7, 11) is 1.61. The SMILES string of the molecule is COc1cccc(CC(=O)N2CCCN(C(=O)C3CCC(=O)N3)CC2)c1. The summed E-state index contributed by atoms with van der Waals surface area (Å²) in [5.74, 6) is 0.703. The van der Waals surface area contributed by atoms with E-state index in [0.717, 1.165) is 17.7 Å². The number of benzene rings is 1. The van der Waals surface area contributed by atoms with Gasteiger partial charge in [0.2, 0.25) is 17.7 Å². The van der Waals surface area contributed by atoms with Gasteiger partial charge in [0.05, 0.1) is 13.5 Å². The van der Waals surface area contributed by atoms with E-state index in [0.29, 0.717) is 45.4 Å². The molecule has 1 aromatic rings. The molecule has 2 fully saturated rings. The summed E-state index contributed by atoms with van der Waals surface area (Å²) in [4.78, 5) is 40.1. The normalized spacial score (nSPS) is 20.5. The van der Waals surface area contributed by atoms with Crippen LogP contribution in [0.3, 0.4) is 0 Å². The molecule has 0 bridgehead atoms. The van der Waals surface area contributed by atoms with Gasteiger partial charge in [-0.25, -0.2) is 0 Å². The number of amides is 3. The largest absolute Gasteiger partial charge is 0.497 e. The molecule has 0 aromatic heterocycles. The number of carbonyl (C=O) groups excluding carboxylic acids is 3. The van der Waals surface area contributed by atoms with Crippen molar-refractivity contribution < 1.29 is 19.1 Å². The van der Waals surface area contributed by atoms with E-state index in [-0.39, 0.29) is 17.7 Å². The molecule has 2 aliphatic heterocycles. The summed E-state index contributed by atoms with van der Waals surface area (Å²) in [5, 5.41) is 2.73. The number of nitrogens with one attached hydrogen (secondary N) is 1. The van der Waals surface area contributed by atoms with Crippen molar-refractivity contribution in [3.63, 3.8) is 0 Å². The molecule has 1 atom stereocenters. The van der Waals surface area contributed by atoms with Crippen LogP contribution in [0.25, 0.3) is 0 Å². The maximum absolute atomic E-state index is 12.6. The van der Waals surface area contributed by atoms with Gasteiger partial charge in [-0.1, -0.05) is 12.1 Å². The highest BCUT2D eigenvalue weighted by Crippen LogP contribution is 2.15. The van der Waals surface area contributed by atoms with Crippen molar-refractivity contribution in [2.45, 2.75) is 31.7 Å². The van der Waals surface area contributed by atoms with Crippen LogP contribution in [0.5, 0.6) is 5.75 Å². The van der Waals surface area contributed by atoms with Gasteiger partial charge in [0.25, 0.3) is 0 Å². The Morgan fingerprint density at radius 2 is 1.96 bits per heavy atom. The molecule has 2 aliphatic rings. The Morgan fingerprint density at radius 3 is 2.69 bits per heavy atom. The van der Waals surface area contributed by atoms with Crippen molar-refractivity contribution in [2.24, 2.45) is 0 Å². The van der Waals surface area contributed by atoms with E-state index in [1.54, 1.807) is 12.0 Å². The lowest BCUT2D eigenvalue weighted by Crippen LogP contribution is -2.46. The Labute approximate surface area is 153 Å². The Morgan fingerprint density at radius 1 is 1.19 bits per heavy atom. The number of rotatable bonds is 4. The summed E-state index contributed by atoms with van der Waals surface area (Å²) in [6.45, 7) is 2.29. The molecule has 2 heterocycles. The first-order valence-electron chi connectivity index (χ1n) is 9.05. The summed E-state index contributed by atoms with van der Waals surface area (Å²) in [6.07, 6.45) is 2.04. The highest BCUT2D eigenvalue weighted by Gasteiger charge is 2.32. The molecule has 1 N–H and O–H groups in total. The Kier molecular flexibility index (Phi) is 5.75. The first-order valence-corrected chi connectivity index (χ1v) is 9.05. The minimum absolute atomic E-state index is 0.0297. The first-order chi connectivity index (χ1) is 12.6. The number of carbonyl (C=O) groups is 3. The van der Waals surface area contributed by atoms with E-state index in [2.05, 4.69) is 5.32 Å². The summed E-state index contributed by atoms with van der Waals surface area (Å²) < 4.78 is 5.20. The molecular formula is C19H25N3O4.